The molecule has 4 nitrogen and oxygen atoms in total. The van der Waals surface area contributed by atoms with Crippen molar-refractivity contribution < 1.29 is 9.53 Å². The van der Waals surface area contributed by atoms with Crippen LogP contribution < -0.4 is 5.32 Å². The summed E-state index contributed by atoms with van der Waals surface area (Å²) in [6.45, 7) is 9.93. The molecule has 0 aliphatic carbocycles. The van der Waals surface area contributed by atoms with Crippen LogP contribution in [0.4, 0.5) is 0 Å². The van der Waals surface area contributed by atoms with Crippen molar-refractivity contribution in [2.24, 2.45) is 11.8 Å². The summed E-state index contributed by atoms with van der Waals surface area (Å²) in [7, 11) is 0. The van der Waals surface area contributed by atoms with E-state index >= 15 is 0 Å². The second-order valence-corrected chi connectivity index (χ2v) is 7.84. The molecule has 0 spiro atoms. The molecule has 138 valence electrons. The van der Waals surface area contributed by atoms with E-state index in [-0.39, 0.29) is 12.1 Å². The minimum atomic E-state index is -0.00413. The first-order chi connectivity index (χ1) is 12.1. The van der Waals surface area contributed by atoms with Gasteiger partial charge in [0.05, 0.1) is 19.2 Å². The summed E-state index contributed by atoms with van der Waals surface area (Å²) in [6.07, 6.45) is 3.04. The van der Waals surface area contributed by atoms with Crippen LogP contribution in [0.3, 0.4) is 0 Å². The van der Waals surface area contributed by atoms with E-state index in [1.807, 2.05) is 6.07 Å². The Balaban J connectivity index is 1.63. The van der Waals surface area contributed by atoms with Gasteiger partial charge in [-0.2, -0.15) is 0 Å². The van der Waals surface area contributed by atoms with Crippen LogP contribution in [-0.4, -0.2) is 43.1 Å². The lowest BCUT2D eigenvalue weighted by Crippen LogP contribution is -2.49. The molecule has 2 saturated heterocycles. The monoisotopic (exact) mass is 344 g/mol. The fourth-order valence-electron chi connectivity index (χ4n) is 4.21. The zero-order valence-corrected chi connectivity index (χ0v) is 15.8. The molecule has 1 aromatic rings. The molecule has 2 aliphatic heterocycles. The van der Waals surface area contributed by atoms with Crippen molar-refractivity contribution in [2.75, 3.05) is 26.2 Å². The molecule has 25 heavy (non-hydrogen) atoms. The van der Waals surface area contributed by atoms with Crippen molar-refractivity contribution in [3.05, 3.63) is 35.4 Å². The van der Waals surface area contributed by atoms with E-state index in [1.54, 1.807) is 0 Å². The maximum absolute atomic E-state index is 13.0. The average molecular weight is 344 g/mol. The summed E-state index contributed by atoms with van der Waals surface area (Å²) in [4.78, 5) is 15.0. The molecule has 0 radical (unpaired) electrons. The molecular weight excluding hydrogens is 312 g/mol. The molecule has 2 aliphatic rings. The zero-order valence-electron chi connectivity index (χ0n) is 15.8. The van der Waals surface area contributed by atoms with Gasteiger partial charge < -0.3 is 15.0 Å². The van der Waals surface area contributed by atoms with Crippen molar-refractivity contribution in [2.45, 2.75) is 52.2 Å². The number of aryl methyl sites for hydroxylation is 1. The summed E-state index contributed by atoms with van der Waals surface area (Å²) in [5, 5.41) is 3.41. The Bertz CT molecular complexity index is 583. The molecule has 0 saturated carbocycles. The Kier molecular flexibility index (Phi) is 6.13. The number of morpholine rings is 1. The molecule has 0 aromatic heterocycles. The van der Waals surface area contributed by atoms with Crippen LogP contribution in [0.2, 0.25) is 0 Å². The maximum atomic E-state index is 13.0. The Hall–Kier alpha value is -1.39. The lowest BCUT2D eigenvalue weighted by molar-refractivity contribution is -0.145. The van der Waals surface area contributed by atoms with E-state index in [1.165, 1.54) is 24.0 Å². The number of nitrogens with one attached hydrogen (secondary N) is 1. The van der Waals surface area contributed by atoms with Crippen LogP contribution >= 0.6 is 0 Å². The van der Waals surface area contributed by atoms with Gasteiger partial charge in [-0.15, -0.1) is 0 Å². The van der Waals surface area contributed by atoms with E-state index in [2.05, 4.69) is 49.2 Å². The van der Waals surface area contributed by atoms with Gasteiger partial charge in [-0.1, -0.05) is 31.2 Å². The number of benzene rings is 1. The second kappa shape index (κ2) is 8.33. The Labute approximate surface area is 151 Å². The van der Waals surface area contributed by atoms with Gasteiger partial charge in [0.15, 0.2) is 0 Å². The van der Waals surface area contributed by atoms with Gasteiger partial charge in [0.25, 0.3) is 0 Å². The molecule has 3 rings (SSSR count). The molecule has 3 atom stereocenters. The number of ether oxygens (including phenoxy) is 1. The van der Waals surface area contributed by atoms with Crippen molar-refractivity contribution in [1.82, 2.24) is 10.2 Å². The topological polar surface area (TPSA) is 41.6 Å². The van der Waals surface area contributed by atoms with Crippen LogP contribution in [0, 0.1) is 18.8 Å². The highest BCUT2D eigenvalue weighted by molar-refractivity contribution is 5.77. The highest BCUT2D eigenvalue weighted by Crippen LogP contribution is 2.30. The SMILES string of the molecule is Cc1ccccc1C1CN(C(=O)CC(C)C2CCNCC2)C(C)CO1. The van der Waals surface area contributed by atoms with Gasteiger partial charge in [0.1, 0.15) is 6.10 Å². The highest BCUT2D eigenvalue weighted by atomic mass is 16.5. The molecular formula is C21H32N2O2. The van der Waals surface area contributed by atoms with Crippen LogP contribution in [0.25, 0.3) is 0 Å². The van der Waals surface area contributed by atoms with Gasteiger partial charge in [-0.25, -0.2) is 0 Å². The largest absolute Gasteiger partial charge is 0.370 e. The van der Waals surface area contributed by atoms with E-state index in [0.29, 0.717) is 37.3 Å². The number of carbonyl (C=O) groups excluding carboxylic acids is 1. The van der Waals surface area contributed by atoms with E-state index in [4.69, 9.17) is 4.74 Å². The van der Waals surface area contributed by atoms with Gasteiger partial charge in [0, 0.05) is 6.42 Å². The third-order valence-electron chi connectivity index (χ3n) is 5.97. The zero-order chi connectivity index (χ0) is 17.8. The van der Waals surface area contributed by atoms with Crippen molar-refractivity contribution in [3.63, 3.8) is 0 Å². The standard InChI is InChI=1S/C21H32N2O2/c1-15-6-4-5-7-19(15)20-13-23(17(3)14-25-20)21(24)12-16(2)18-8-10-22-11-9-18/h4-7,16-18,20,22H,8-14H2,1-3H3. The van der Waals surface area contributed by atoms with Gasteiger partial charge in [0.2, 0.25) is 5.91 Å². The van der Waals surface area contributed by atoms with Crippen LogP contribution in [0.1, 0.15) is 50.3 Å². The van der Waals surface area contributed by atoms with Crippen molar-refractivity contribution in [3.8, 4) is 0 Å². The number of piperidine rings is 1. The Morgan fingerprint density at radius 3 is 2.76 bits per heavy atom. The highest BCUT2D eigenvalue weighted by Gasteiger charge is 2.32. The third kappa shape index (κ3) is 4.42. The lowest BCUT2D eigenvalue weighted by Gasteiger charge is -2.39. The minimum absolute atomic E-state index is 0.00413. The lowest BCUT2D eigenvalue weighted by atomic mass is 9.83. The normalized spacial score (nSPS) is 26.4. The number of nitrogens with zero attached hydrogens (tertiary/aromatic N) is 1. The van der Waals surface area contributed by atoms with Crippen molar-refractivity contribution in [1.29, 1.82) is 0 Å². The maximum Gasteiger partial charge on any atom is 0.223 e. The molecule has 1 amide bonds. The van der Waals surface area contributed by atoms with Crippen LogP contribution in [0.5, 0.6) is 0 Å². The van der Waals surface area contributed by atoms with Crippen LogP contribution in [0.15, 0.2) is 24.3 Å². The molecule has 0 bridgehead atoms. The number of amides is 1. The molecule has 2 heterocycles. The van der Waals surface area contributed by atoms with E-state index < -0.39 is 0 Å². The van der Waals surface area contributed by atoms with Crippen LogP contribution in [-0.2, 0) is 9.53 Å². The average Bonchev–Trinajstić information content (AvgIpc) is 2.63. The third-order valence-corrected chi connectivity index (χ3v) is 5.97. The first-order valence-electron chi connectivity index (χ1n) is 9.73. The van der Waals surface area contributed by atoms with Gasteiger partial charge >= 0.3 is 0 Å². The molecule has 1 aromatic carbocycles. The predicted octanol–water partition coefficient (Wildman–Crippen LogP) is 3.31. The summed E-state index contributed by atoms with van der Waals surface area (Å²) >= 11 is 0. The Morgan fingerprint density at radius 2 is 2.04 bits per heavy atom. The number of hydrogen-bond acceptors (Lipinski definition) is 3. The molecule has 1 N–H and O–H groups in total. The summed E-state index contributed by atoms with van der Waals surface area (Å²) in [6, 6.07) is 8.49. The number of carbonyl (C=O) groups is 1. The fraction of sp³-hybridized carbons (Fsp3) is 0.667. The number of hydrogen-bond donors (Lipinski definition) is 1. The summed E-state index contributed by atoms with van der Waals surface area (Å²) in [5.41, 5.74) is 2.44. The van der Waals surface area contributed by atoms with E-state index in [9.17, 15) is 4.79 Å². The Morgan fingerprint density at radius 1 is 1.32 bits per heavy atom. The first-order valence-corrected chi connectivity index (χ1v) is 9.73. The molecule has 4 heteroatoms. The number of rotatable bonds is 4. The quantitative estimate of drug-likeness (QED) is 0.911. The van der Waals surface area contributed by atoms with Crippen molar-refractivity contribution >= 4 is 5.91 Å². The van der Waals surface area contributed by atoms with E-state index in [0.717, 1.165) is 13.1 Å². The summed E-state index contributed by atoms with van der Waals surface area (Å²) < 4.78 is 6.06. The smallest absolute Gasteiger partial charge is 0.223 e. The first kappa shape index (κ1) is 18.4. The van der Waals surface area contributed by atoms with Gasteiger partial charge in [-0.05, 0) is 62.7 Å². The molecule has 2 fully saturated rings. The predicted molar refractivity (Wildman–Crippen MR) is 100 cm³/mol. The minimum Gasteiger partial charge on any atom is -0.370 e. The molecule has 3 unspecified atom stereocenters. The summed E-state index contributed by atoms with van der Waals surface area (Å²) in [5.74, 6) is 1.43. The fourth-order valence-corrected chi connectivity index (χ4v) is 4.21. The van der Waals surface area contributed by atoms with Gasteiger partial charge in [-0.3, -0.25) is 4.79 Å². The second-order valence-electron chi connectivity index (χ2n) is 7.84.